The maximum absolute atomic E-state index is 13.0. The molecule has 0 fully saturated rings. The molecule has 9 heteroatoms. The molecule has 1 unspecified atom stereocenters. The van der Waals surface area contributed by atoms with E-state index in [1.807, 2.05) is 6.92 Å². The minimum absolute atomic E-state index is 0.194. The van der Waals surface area contributed by atoms with E-state index in [0.717, 1.165) is 5.75 Å². The van der Waals surface area contributed by atoms with Gasteiger partial charge in [-0.25, -0.2) is 4.98 Å². The normalized spacial score (nSPS) is 12.0. The third-order valence-electron chi connectivity index (χ3n) is 4.49. The van der Waals surface area contributed by atoms with Crippen molar-refractivity contribution >= 4 is 45.9 Å². The number of fused-ring (bicyclic) bond motifs is 1. The number of halogens is 1. The van der Waals surface area contributed by atoms with Crippen molar-refractivity contribution in [1.82, 2.24) is 9.55 Å². The molecule has 0 aliphatic carbocycles. The van der Waals surface area contributed by atoms with E-state index in [4.69, 9.17) is 21.1 Å². The van der Waals surface area contributed by atoms with Gasteiger partial charge in [-0.3, -0.25) is 14.2 Å². The van der Waals surface area contributed by atoms with Crippen LogP contribution in [0.4, 0.5) is 5.69 Å². The van der Waals surface area contributed by atoms with Crippen LogP contribution in [0.2, 0.25) is 5.02 Å². The average Bonchev–Trinajstić information content (AvgIpc) is 2.75. The van der Waals surface area contributed by atoms with Crippen LogP contribution in [0.3, 0.4) is 0 Å². The molecule has 0 saturated carbocycles. The highest BCUT2D eigenvalue weighted by atomic mass is 35.5. The van der Waals surface area contributed by atoms with E-state index in [9.17, 15) is 9.59 Å². The molecule has 1 amide bonds. The Kier molecular flexibility index (Phi) is 7.95. The molecule has 0 bridgehead atoms. The van der Waals surface area contributed by atoms with E-state index in [1.165, 1.54) is 16.3 Å². The van der Waals surface area contributed by atoms with Gasteiger partial charge in [-0.15, -0.1) is 0 Å². The molecule has 31 heavy (non-hydrogen) atoms. The molecule has 3 rings (SSSR count). The number of aromatic nitrogens is 2. The fourth-order valence-corrected chi connectivity index (χ4v) is 4.00. The number of carbonyl (C=O) groups is 1. The number of amides is 1. The predicted octanol–water partition coefficient (Wildman–Crippen LogP) is 4.21. The molecule has 3 aromatic rings. The number of methoxy groups -OCH3 is 1. The van der Waals surface area contributed by atoms with Crippen molar-refractivity contribution in [2.24, 2.45) is 0 Å². The number of benzene rings is 2. The highest BCUT2D eigenvalue weighted by Gasteiger charge is 2.20. The van der Waals surface area contributed by atoms with Gasteiger partial charge in [0.2, 0.25) is 5.91 Å². The highest BCUT2D eigenvalue weighted by Crippen LogP contribution is 2.25. The first-order chi connectivity index (χ1) is 14.9. The summed E-state index contributed by atoms with van der Waals surface area (Å²) < 4.78 is 12.1. The number of nitrogens with one attached hydrogen (secondary N) is 1. The van der Waals surface area contributed by atoms with Crippen molar-refractivity contribution in [3.8, 4) is 5.75 Å². The zero-order valence-corrected chi connectivity index (χ0v) is 19.1. The van der Waals surface area contributed by atoms with Gasteiger partial charge in [-0.05, 0) is 56.3 Å². The molecule has 0 aliphatic rings. The predicted molar refractivity (Wildman–Crippen MR) is 124 cm³/mol. The second-order valence-corrected chi connectivity index (χ2v) is 8.46. The van der Waals surface area contributed by atoms with Crippen LogP contribution in [0.15, 0.2) is 52.4 Å². The van der Waals surface area contributed by atoms with Crippen LogP contribution in [0.1, 0.15) is 13.8 Å². The first-order valence-electron chi connectivity index (χ1n) is 9.82. The Morgan fingerprint density at radius 3 is 2.68 bits per heavy atom. The number of carbonyl (C=O) groups excluding carboxylic acids is 1. The summed E-state index contributed by atoms with van der Waals surface area (Å²) in [5.74, 6) is 0.539. The van der Waals surface area contributed by atoms with Crippen molar-refractivity contribution in [2.45, 2.75) is 30.8 Å². The lowest BCUT2D eigenvalue weighted by atomic mass is 10.2. The summed E-state index contributed by atoms with van der Waals surface area (Å²) in [7, 11) is 1.57. The van der Waals surface area contributed by atoms with Crippen molar-refractivity contribution < 1.29 is 14.3 Å². The monoisotopic (exact) mass is 461 g/mol. The Labute approximate surface area is 189 Å². The van der Waals surface area contributed by atoms with E-state index in [2.05, 4.69) is 10.3 Å². The molecule has 2 aromatic carbocycles. The van der Waals surface area contributed by atoms with Crippen molar-refractivity contribution in [2.75, 3.05) is 25.6 Å². The van der Waals surface area contributed by atoms with E-state index >= 15 is 0 Å². The van der Waals surface area contributed by atoms with Gasteiger partial charge in [0.15, 0.2) is 5.16 Å². The Balaban J connectivity index is 1.83. The Bertz CT molecular complexity index is 1120. The van der Waals surface area contributed by atoms with Gasteiger partial charge in [0.25, 0.3) is 5.56 Å². The molecular weight excluding hydrogens is 438 g/mol. The zero-order chi connectivity index (χ0) is 22.4. The van der Waals surface area contributed by atoms with Gasteiger partial charge in [0.05, 0.1) is 35.9 Å². The molecule has 1 N–H and O–H groups in total. The first-order valence-corrected chi connectivity index (χ1v) is 11.1. The number of thioether (sulfide) groups is 1. The molecule has 0 saturated heterocycles. The van der Waals surface area contributed by atoms with Gasteiger partial charge >= 0.3 is 0 Å². The lowest BCUT2D eigenvalue weighted by molar-refractivity contribution is -0.115. The second-order valence-electron chi connectivity index (χ2n) is 6.71. The third-order valence-corrected chi connectivity index (χ3v) is 5.81. The number of hydrogen-bond donors (Lipinski definition) is 1. The summed E-state index contributed by atoms with van der Waals surface area (Å²) >= 11 is 7.29. The van der Waals surface area contributed by atoms with Crippen LogP contribution in [0, 0.1) is 0 Å². The van der Waals surface area contributed by atoms with Crippen molar-refractivity contribution in [3.05, 3.63) is 57.8 Å². The summed E-state index contributed by atoms with van der Waals surface area (Å²) in [6, 6.07) is 12.1. The Morgan fingerprint density at radius 2 is 2.00 bits per heavy atom. The SMILES string of the molecule is CCOc1ccc(NC(=O)C(C)Sc2nc3cc(Cl)ccc3c(=O)n2CCOC)cc1. The summed E-state index contributed by atoms with van der Waals surface area (Å²) in [6.45, 7) is 4.94. The topological polar surface area (TPSA) is 82.5 Å². The van der Waals surface area contributed by atoms with Crippen LogP contribution in [0.25, 0.3) is 10.9 Å². The van der Waals surface area contributed by atoms with Crippen LogP contribution >= 0.6 is 23.4 Å². The molecule has 0 aliphatic heterocycles. The van der Waals surface area contributed by atoms with E-state index in [0.29, 0.717) is 46.5 Å². The van der Waals surface area contributed by atoms with Crippen LogP contribution in [-0.2, 0) is 16.1 Å². The Hall–Kier alpha value is -2.55. The molecular formula is C22H24ClN3O4S. The smallest absolute Gasteiger partial charge is 0.262 e. The summed E-state index contributed by atoms with van der Waals surface area (Å²) in [5, 5.41) is 3.78. The quantitative estimate of drug-likeness (QED) is 0.379. The average molecular weight is 462 g/mol. The Morgan fingerprint density at radius 1 is 1.26 bits per heavy atom. The lowest BCUT2D eigenvalue weighted by Crippen LogP contribution is -2.28. The largest absolute Gasteiger partial charge is 0.494 e. The number of nitrogens with zero attached hydrogens (tertiary/aromatic N) is 2. The maximum Gasteiger partial charge on any atom is 0.262 e. The molecule has 1 aromatic heterocycles. The molecule has 1 heterocycles. The van der Waals surface area contributed by atoms with Gasteiger partial charge in [0, 0.05) is 17.8 Å². The zero-order valence-electron chi connectivity index (χ0n) is 17.6. The molecule has 0 spiro atoms. The first kappa shape index (κ1) is 23.1. The molecule has 164 valence electrons. The van der Waals surface area contributed by atoms with E-state index < -0.39 is 5.25 Å². The van der Waals surface area contributed by atoms with Crippen molar-refractivity contribution in [3.63, 3.8) is 0 Å². The standard InChI is InChI=1S/C22H24ClN3O4S/c1-4-30-17-8-6-16(7-9-17)24-20(27)14(2)31-22-25-19-13-15(23)5-10-18(19)21(28)26(22)11-12-29-3/h5-10,13-14H,4,11-12H2,1-3H3,(H,24,27). The number of anilines is 1. The second kappa shape index (κ2) is 10.7. The van der Waals surface area contributed by atoms with Crippen LogP contribution in [0.5, 0.6) is 5.75 Å². The molecule has 7 nitrogen and oxygen atoms in total. The minimum Gasteiger partial charge on any atom is -0.494 e. The summed E-state index contributed by atoms with van der Waals surface area (Å²) in [5.41, 5.74) is 0.962. The van der Waals surface area contributed by atoms with E-state index in [-0.39, 0.29) is 11.5 Å². The summed E-state index contributed by atoms with van der Waals surface area (Å²) in [6.07, 6.45) is 0. The van der Waals surface area contributed by atoms with Gasteiger partial charge in [0.1, 0.15) is 5.75 Å². The molecule has 0 radical (unpaired) electrons. The van der Waals surface area contributed by atoms with Crippen molar-refractivity contribution in [1.29, 1.82) is 0 Å². The van der Waals surface area contributed by atoms with E-state index in [1.54, 1.807) is 56.5 Å². The number of ether oxygens (including phenoxy) is 2. The van der Waals surface area contributed by atoms with Gasteiger partial charge < -0.3 is 14.8 Å². The fraction of sp³-hybridized carbons (Fsp3) is 0.318. The van der Waals surface area contributed by atoms with Gasteiger partial charge in [-0.1, -0.05) is 23.4 Å². The minimum atomic E-state index is -0.496. The number of rotatable bonds is 9. The lowest BCUT2D eigenvalue weighted by Gasteiger charge is -2.16. The highest BCUT2D eigenvalue weighted by molar-refractivity contribution is 8.00. The van der Waals surface area contributed by atoms with Crippen LogP contribution < -0.4 is 15.6 Å². The molecule has 1 atom stereocenters. The fourth-order valence-electron chi connectivity index (χ4n) is 2.90. The number of hydrogen-bond acceptors (Lipinski definition) is 6. The van der Waals surface area contributed by atoms with Crippen LogP contribution in [-0.4, -0.2) is 41.0 Å². The maximum atomic E-state index is 13.0. The summed E-state index contributed by atoms with van der Waals surface area (Å²) in [4.78, 5) is 30.3. The van der Waals surface area contributed by atoms with Gasteiger partial charge in [-0.2, -0.15) is 0 Å². The third kappa shape index (κ3) is 5.78.